The van der Waals surface area contributed by atoms with E-state index in [4.69, 9.17) is 28.4 Å². The Bertz CT molecular complexity index is 1080. The monoisotopic (exact) mass is 672 g/mol. The molecule has 2 aliphatic rings. The molecule has 0 atom stereocenters. The van der Waals surface area contributed by atoms with Crippen LogP contribution in [0.15, 0.2) is 12.1 Å². The number of nitro benzene ring substituents is 1. The summed E-state index contributed by atoms with van der Waals surface area (Å²) >= 11 is 0.885. The zero-order valence-corrected chi connectivity index (χ0v) is 27.6. The SMILES string of the molecule is CCC(CC)C(=O)NCCNC(=O)CCCOc1cc2c([N+](=O)[O-])cc1OCCOCCOCCOCCOCCNC(=O)SC2. The van der Waals surface area contributed by atoms with E-state index in [0.29, 0.717) is 65.8 Å². The molecule has 1 aromatic carbocycles. The fourth-order valence-corrected chi connectivity index (χ4v) is 4.91. The van der Waals surface area contributed by atoms with Gasteiger partial charge in [-0.3, -0.25) is 24.5 Å². The largest absolute Gasteiger partial charge is 0.490 e. The summed E-state index contributed by atoms with van der Waals surface area (Å²) in [6.45, 7) is 7.90. The molecule has 46 heavy (non-hydrogen) atoms. The number of nitrogens with one attached hydrogen (secondary N) is 3. The van der Waals surface area contributed by atoms with E-state index in [1.54, 1.807) is 0 Å². The predicted molar refractivity (Wildman–Crippen MR) is 171 cm³/mol. The molecule has 0 saturated heterocycles. The minimum atomic E-state index is -0.535. The van der Waals surface area contributed by atoms with Gasteiger partial charge < -0.3 is 44.4 Å². The van der Waals surface area contributed by atoms with E-state index in [1.807, 2.05) is 13.8 Å². The Hall–Kier alpha value is -3.18. The second-order valence-electron chi connectivity index (χ2n) is 10.1. The first kappa shape index (κ1) is 39.0. The number of nitrogens with zero attached hydrogens (tertiary/aromatic N) is 1. The van der Waals surface area contributed by atoms with Crippen LogP contribution in [0, 0.1) is 16.0 Å². The second-order valence-corrected chi connectivity index (χ2v) is 11.0. The molecule has 2 aliphatic heterocycles. The minimum Gasteiger partial charge on any atom is -0.490 e. The van der Waals surface area contributed by atoms with Crippen LogP contribution in [0.5, 0.6) is 11.5 Å². The fourth-order valence-electron chi connectivity index (χ4n) is 4.19. The molecular weight excluding hydrogens is 624 g/mol. The van der Waals surface area contributed by atoms with Crippen molar-refractivity contribution in [2.24, 2.45) is 5.92 Å². The number of hydrogen-bond donors (Lipinski definition) is 3. The first-order valence-corrected chi connectivity index (χ1v) is 16.7. The lowest BCUT2D eigenvalue weighted by Crippen LogP contribution is -2.37. The van der Waals surface area contributed by atoms with E-state index in [2.05, 4.69) is 16.0 Å². The topological polar surface area (TPSA) is 186 Å². The molecule has 3 amide bonds. The lowest BCUT2D eigenvalue weighted by atomic mass is 10.0. The molecule has 2 heterocycles. The molecule has 2 bridgehead atoms. The van der Waals surface area contributed by atoms with E-state index in [0.717, 1.165) is 24.6 Å². The fraction of sp³-hybridized carbons (Fsp3) is 0.700. The number of ether oxygens (including phenoxy) is 6. The van der Waals surface area contributed by atoms with Gasteiger partial charge in [0.05, 0.1) is 70.5 Å². The number of amides is 3. The van der Waals surface area contributed by atoms with Crippen LogP contribution in [-0.2, 0) is 34.3 Å². The molecule has 1 aromatic rings. The van der Waals surface area contributed by atoms with Crippen molar-refractivity contribution in [3.05, 3.63) is 27.8 Å². The van der Waals surface area contributed by atoms with Crippen molar-refractivity contribution >= 4 is 34.5 Å². The molecule has 0 aromatic heterocycles. The van der Waals surface area contributed by atoms with Gasteiger partial charge in [-0.2, -0.15) is 0 Å². The lowest BCUT2D eigenvalue weighted by Gasteiger charge is -2.15. The van der Waals surface area contributed by atoms with Gasteiger partial charge in [0.2, 0.25) is 11.8 Å². The van der Waals surface area contributed by atoms with E-state index in [9.17, 15) is 24.5 Å². The predicted octanol–water partition coefficient (Wildman–Crippen LogP) is 2.82. The van der Waals surface area contributed by atoms with Gasteiger partial charge in [0.25, 0.3) is 10.9 Å². The molecule has 3 rings (SSSR count). The van der Waals surface area contributed by atoms with E-state index >= 15 is 0 Å². The summed E-state index contributed by atoms with van der Waals surface area (Å²) in [5.41, 5.74) is 0.0650. The summed E-state index contributed by atoms with van der Waals surface area (Å²) < 4.78 is 33.5. The van der Waals surface area contributed by atoms with Gasteiger partial charge in [0.15, 0.2) is 11.5 Å². The summed E-state index contributed by atoms with van der Waals surface area (Å²) in [4.78, 5) is 48.1. The number of carbonyl (C=O) groups excluding carboxylic acids is 3. The average Bonchev–Trinajstić information content (AvgIpc) is 3.04. The van der Waals surface area contributed by atoms with Crippen LogP contribution in [0.25, 0.3) is 0 Å². The quantitative estimate of drug-likeness (QED) is 0.128. The van der Waals surface area contributed by atoms with Crippen LogP contribution in [0.1, 0.15) is 45.1 Å². The average molecular weight is 673 g/mol. The first-order chi connectivity index (χ1) is 22.3. The van der Waals surface area contributed by atoms with Crippen molar-refractivity contribution in [2.45, 2.75) is 45.3 Å². The molecule has 0 radical (unpaired) electrons. The first-order valence-electron chi connectivity index (χ1n) is 15.7. The molecule has 0 aliphatic carbocycles. The highest BCUT2D eigenvalue weighted by Gasteiger charge is 2.21. The third-order valence-corrected chi connectivity index (χ3v) is 7.59. The van der Waals surface area contributed by atoms with Crippen LogP contribution in [0.2, 0.25) is 0 Å². The van der Waals surface area contributed by atoms with Crippen LogP contribution >= 0.6 is 11.8 Å². The van der Waals surface area contributed by atoms with Crippen LogP contribution < -0.4 is 25.4 Å². The summed E-state index contributed by atoms with van der Waals surface area (Å²) in [5.74, 6) is 0.186. The van der Waals surface area contributed by atoms with Gasteiger partial charge in [0.1, 0.15) is 6.61 Å². The number of hydrogen-bond acceptors (Lipinski definition) is 12. The Morgan fingerprint density at radius 1 is 0.957 bits per heavy atom. The van der Waals surface area contributed by atoms with E-state index in [-0.39, 0.29) is 84.3 Å². The number of fused-ring (bicyclic) bond motifs is 20. The molecule has 16 heteroatoms. The normalized spacial score (nSPS) is 16.2. The van der Waals surface area contributed by atoms with Crippen LogP contribution in [-0.4, -0.2) is 108 Å². The Labute approximate surface area is 274 Å². The number of benzene rings is 1. The third kappa shape index (κ3) is 16.4. The molecular formula is C30H48N4O11S. The lowest BCUT2D eigenvalue weighted by molar-refractivity contribution is -0.385. The summed E-state index contributed by atoms with van der Waals surface area (Å²) in [7, 11) is 0. The number of nitro groups is 1. The van der Waals surface area contributed by atoms with E-state index in [1.165, 1.54) is 12.1 Å². The number of carbonyl (C=O) groups is 3. The molecule has 15 nitrogen and oxygen atoms in total. The van der Waals surface area contributed by atoms with Crippen molar-refractivity contribution in [3.8, 4) is 11.5 Å². The molecule has 260 valence electrons. The smallest absolute Gasteiger partial charge is 0.279 e. The Balaban J connectivity index is 1.97. The van der Waals surface area contributed by atoms with Gasteiger partial charge in [-0.1, -0.05) is 25.6 Å². The van der Waals surface area contributed by atoms with Crippen molar-refractivity contribution in [1.29, 1.82) is 0 Å². The highest BCUT2D eigenvalue weighted by atomic mass is 32.2. The molecule has 0 spiro atoms. The zero-order chi connectivity index (χ0) is 33.4. The van der Waals surface area contributed by atoms with E-state index < -0.39 is 4.92 Å². The Kier molecular flexibility index (Phi) is 20.4. The standard InChI is InChI=1S/C30H48N4O11S/c1-3-23(4-2)29(36)32-8-7-31-28(35)6-5-10-44-26-20-24-22-46-30(37)33-9-11-40-12-13-41-14-15-42-16-17-43-18-19-45-27(26)21-25(24)34(38)39/h20-21,23H,3-19,22H2,1-2H3,(H,31,35)(H,32,36)(H,33,37). The summed E-state index contributed by atoms with van der Waals surface area (Å²) in [6.07, 6.45) is 2.08. The van der Waals surface area contributed by atoms with Gasteiger partial charge in [-0.15, -0.1) is 0 Å². The summed E-state index contributed by atoms with van der Waals surface area (Å²) in [6, 6.07) is 2.77. The molecule has 3 N–H and O–H groups in total. The van der Waals surface area contributed by atoms with Crippen molar-refractivity contribution in [2.75, 3.05) is 85.7 Å². The molecule has 0 fully saturated rings. The maximum Gasteiger partial charge on any atom is 0.279 e. The molecule has 0 unspecified atom stereocenters. The highest BCUT2D eigenvalue weighted by molar-refractivity contribution is 8.12. The zero-order valence-electron chi connectivity index (χ0n) is 26.8. The maximum absolute atomic E-state index is 12.4. The Morgan fingerprint density at radius 3 is 2.20 bits per heavy atom. The number of rotatable bonds is 12. The molecule has 0 saturated carbocycles. The second kappa shape index (κ2) is 24.1. The minimum absolute atomic E-state index is 0.0148. The van der Waals surface area contributed by atoms with Crippen LogP contribution in [0.4, 0.5) is 10.5 Å². The van der Waals surface area contributed by atoms with Gasteiger partial charge in [0, 0.05) is 43.3 Å². The summed E-state index contributed by atoms with van der Waals surface area (Å²) in [5, 5.41) is 19.9. The van der Waals surface area contributed by atoms with Gasteiger partial charge in [-0.05, 0) is 25.3 Å². The van der Waals surface area contributed by atoms with Crippen molar-refractivity contribution in [1.82, 2.24) is 16.0 Å². The highest BCUT2D eigenvalue weighted by Crippen LogP contribution is 2.37. The van der Waals surface area contributed by atoms with Gasteiger partial charge in [-0.25, -0.2) is 0 Å². The van der Waals surface area contributed by atoms with Gasteiger partial charge >= 0.3 is 0 Å². The number of thioether (sulfide) groups is 1. The van der Waals surface area contributed by atoms with Crippen molar-refractivity contribution < 1.29 is 47.7 Å². The Morgan fingerprint density at radius 2 is 1.57 bits per heavy atom. The van der Waals surface area contributed by atoms with Crippen LogP contribution in [0.3, 0.4) is 0 Å². The third-order valence-electron chi connectivity index (χ3n) is 6.73. The van der Waals surface area contributed by atoms with Crippen molar-refractivity contribution in [3.63, 3.8) is 0 Å². The maximum atomic E-state index is 12.4.